The summed E-state index contributed by atoms with van der Waals surface area (Å²) in [4.78, 5) is 6.95. The maximum absolute atomic E-state index is 4.62. The zero-order valence-electron chi connectivity index (χ0n) is 9.72. The number of likely N-dealkylation sites (tertiary alicyclic amines) is 1. The zero-order chi connectivity index (χ0) is 11.1. The Bertz CT molecular complexity index is 517. The number of hydrogen-bond acceptors (Lipinski definition) is 3. The number of aryl methyl sites for hydroxylation is 1. The van der Waals surface area contributed by atoms with Gasteiger partial charge in [-0.1, -0.05) is 0 Å². The fraction of sp³-hybridized carbons (Fsp3) is 0.500. The average molecular weight is 216 g/mol. The topological polar surface area (TPSA) is 33.4 Å². The third-order valence-electron chi connectivity index (χ3n) is 3.27. The monoisotopic (exact) mass is 216 g/mol. The van der Waals surface area contributed by atoms with E-state index in [1.165, 1.54) is 12.0 Å². The minimum Gasteiger partial charge on any atom is -0.306 e. The molecule has 4 heteroatoms. The summed E-state index contributed by atoms with van der Waals surface area (Å²) in [5, 5.41) is 4.55. The van der Waals surface area contributed by atoms with E-state index in [2.05, 4.69) is 41.1 Å². The van der Waals surface area contributed by atoms with Crippen LogP contribution in [0.4, 0.5) is 0 Å². The first-order valence-corrected chi connectivity index (χ1v) is 5.74. The molecule has 3 rings (SSSR count). The van der Waals surface area contributed by atoms with Gasteiger partial charge in [0.15, 0.2) is 11.5 Å². The molecule has 1 aliphatic rings. The van der Waals surface area contributed by atoms with Gasteiger partial charge in [-0.15, -0.1) is 0 Å². The van der Waals surface area contributed by atoms with Crippen LogP contribution in [0.3, 0.4) is 0 Å². The first kappa shape index (κ1) is 9.78. The van der Waals surface area contributed by atoms with Gasteiger partial charge in [0.2, 0.25) is 0 Å². The molecule has 4 nitrogen and oxygen atoms in total. The number of nitrogens with zero attached hydrogens (tertiary/aromatic N) is 4. The lowest BCUT2D eigenvalue weighted by Gasteiger charge is -2.05. The smallest absolute Gasteiger partial charge is 0.156 e. The van der Waals surface area contributed by atoms with E-state index in [1.807, 2.05) is 10.7 Å². The first-order chi connectivity index (χ1) is 7.72. The van der Waals surface area contributed by atoms with E-state index in [-0.39, 0.29) is 0 Å². The maximum atomic E-state index is 4.62. The SMILES string of the molecule is Cc1ccn2nc(C3CCN(C)C3)nc2c1. The largest absolute Gasteiger partial charge is 0.306 e. The normalized spacial score (nSPS) is 22.0. The fourth-order valence-corrected chi connectivity index (χ4v) is 2.32. The number of likely N-dealkylation sites (N-methyl/N-ethyl adjacent to an activating group) is 1. The maximum Gasteiger partial charge on any atom is 0.156 e. The molecule has 2 aromatic heterocycles. The first-order valence-electron chi connectivity index (χ1n) is 5.74. The minimum absolute atomic E-state index is 0.505. The van der Waals surface area contributed by atoms with Crippen LogP contribution in [0.5, 0.6) is 0 Å². The van der Waals surface area contributed by atoms with Crippen molar-refractivity contribution >= 4 is 5.65 Å². The van der Waals surface area contributed by atoms with E-state index < -0.39 is 0 Å². The minimum atomic E-state index is 0.505. The predicted molar refractivity (Wildman–Crippen MR) is 62.6 cm³/mol. The number of aromatic nitrogens is 3. The molecule has 0 aliphatic carbocycles. The molecular weight excluding hydrogens is 200 g/mol. The molecule has 1 unspecified atom stereocenters. The summed E-state index contributed by atoms with van der Waals surface area (Å²) >= 11 is 0. The van der Waals surface area contributed by atoms with Gasteiger partial charge in [0.25, 0.3) is 0 Å². The Labute approximate surface area is 94.9 Å². The van der Waals surface area contributed by atoms with E-state index in [0.717, 1.165) is 24.6 Å². The molecule has 1 atom stereocenters. The standard InChI is InChI=1S/C12H16N4/c1-9-3-6-16-11(7-9)13-12(14-16)10-4-5-15(2)8-10/h3,6-7,10H,4-5,8H2,1-2H3. The van der Waals surface area contributed by atoms with Crippen molar-refractivity contribution in [2.75, 3.05) is 20.1 Å². The Morgan fingerprint density at radius 1 is 1.44 bits per heavy atom. The molecule has 0 saturated carbocycles. The highest BCUT2D eigenvalue weighted by molar-refractivity contribution is 5.40. The number of fused-ring (bicyclic) bond motifs is 1. The summed E-state index contributed by atoms with van der Waals surface area (Å²) in [6, 6.07) is 4.14. The lowest BCUT2D eigenvalue weighted by Crippen LogP contribution is -2.13. The molecule has 0 N–H and O–H groups in total. The van der Waals surface area contributed by atoms with Gasteiger partial charge in [-0.2, -0.15) is 5.10 Å². The third kappa shape index (κ3) is 1.59. The molecule has 0 amide bonds. The molecule has 1 saturated heterocycles. The van der Waals surface area contributed by atoms with Crippen molar-refractivity contribution in [3.63, 3.8) is 0 Å². The van der Waals surface area contributed by atoms with Crippen molar-refractivity contribution in [3.05, 3.63) is 29.7 Å². The van der Waals surface area contributed by atoms with E-state index in [9.17, 15) is 0 Å². The highest BCUT2D eigenvalue weighted by atomic mass is 15.3. The number of pyridine rings is 1. The van der Waals surface area contributed by atoms with Crippen LogP contribution in [-0.4, -0.2) is 39.6 Å². The molecule has 2 aromatic rings. The molecule has 1 fully saturated rings. The van der Waals surface area contributed by atoms with Crippen molar-refractivity contribution in [3.8, 4) is 0 Å². The Morgan fingerprint density at radius 3 is 3.06 bits per heavy atom. The lowest BCUT2D eigenvalue weighted by atomic mass is 10.1. The van der Waals surface area contributed by atoms with Crippen LogP contribution in [0.1, 0.15) is 23.7 Å². The second kappa shape index (κ2) is 3.56. The Kier molecular flexibility index (Phi) is 2.17. The number of rotatable bonds is 1. The Morgan fingerprint density at radius 2 is 2.31 bits per heavy atom. The molecule has 1 aliphatic heterocycles. The van der Waals surface area contributed by atoms with Gasteiger partial charge >= 0.3 is 0 Å². The second-order valence-corrected chi connectivity index (χ2v) is 4.72. The van der Waals surface area contributed by atoms with Gasteiger partial charge in [-0.05, 0) is 44.6 Å². The molecule has 0 bridgehead atoms. The van der Waals surface area contributed by atoms with Gasteiger partial charge in [0.1, 0.15) is 0 Å². The predicted octanol–water partition coefficient (Wildman–Crippen LogP) is 1.46. The van der Waals surface area contributed by atoms with Crippen molar-refractivity contribution in [2.24, 2.45) is 0 Å². The summed E-state index contributed by atoms with van der Waals surface area (Å²) in [6.45, 7) is 4.31. The summed E-state index contributed by atoms with van der Waals surface area (Å²) in [5.74, 6) is 1.50. The summed E-state index contributed by atoms with van der Waals surface area (Å²) < 4.78 is 1.88. The van der Waals surface area contributed by atoms with E-state index in [4.69, 9.17) is 0 Å². The van der Waals surface area contributed by atoms with Gasteiger partial charge < -0.3 is 4.90 Å². The molecule has 0 spiro atoms. The second-order valence-electron chi connectivity index (χ2n) is 4.72. The van der Waals surface area contributed by atoms with Crippen LogP contribution in [0.15, 0.2) is 18.3 Å². The molecule has 0 aromatic carbocycles. The van der Waals surface area contributed by atoms with Crippen LogP contribution in [0.2, 0.25) is 0 Å². The lowest BCUT2D eigenvalue weighted by molar-refractivity contribution is 0.409. The molecule has 0 radical (unpaired) electrons. The highest BCUT2D eigenvalue weighted by Gasteiger charge is 2.24. The van der Waals surface area contributed by atoms with E-state index in [1.54, 1.807) is 0 Å². The highest BCUT2D eigenvalue weighted by Crippen LogP contribution is 2.23. The van der Waals surface area contributed by atoms with Crippen LogP contribution in [-0.2, 0) is 0 Å². The quantitative estimate of drug-likeness (QED) is 0.723. The van der Waals surface area contributed by atoms with Crippen molar-refractivity contribution in [2.45, 2.75) is 19.3 Å². The van der Waals surface area contributed by atoms with Gasteiger partial charge in [0.05, 0.1) is 0 Å². The Balaban J connectivity index is 1.99. The van der Waals surface area contributed by atoms with E-state index in [0.29, 0.717) is 5.92 Å². The van der Waals surface area contributed by atoms with Gasteiger partial charge in [0, 0.05) is 18.7 Å². The van der Waals surface area contributed by atoms with E-state index >= 15 is 0 Å². The van der Waals surface area contributed by atoms with Crippen molar-refractivity contribution in [1.29, 1.82) is 0 Å². The van der Waals surface area contributed by atoms with Crippen LogP contribution >= 0.6 is 0 Å². The molecule has 16 heavy (non-hydrogen) atoms. The summed E-state index contributed by atoms with van der Waals surface area (Å²) in [5.41, 5.74) is 2.19. The third-order valence-corrected chi connectivity index (χ3v) is 3.27. The zero-order valence-corrected chi connectivity index (χ0v) is 9.72. The molecule has 84 valence electrons. The molecular formula is C12H16N4. The number of hydrogen-bond donors (Lipinski definition) is 0. The average Bonchev–Trinajstić information content (AvgIpc) is 2.83. The van der Waals surface area contributed by atoms with Crippen LogP contribution < -0.4 is 0 Å². The van der Waals surface area contributed by atoms with Gasteiger partial charge in [-0.3, -0.25) is 0 Å². The van der Waals surface area contributed by atoms with Crippen LogP contribution in [0, 0.1) is 6.92 Å². The summed E-state index contributed by atoms with van der Waals surface area (Å²) in [6.07, 6.45) is 3.16. The van der Waals surface area contributed by atoms with Crippen LogP contribution in [0.25, 0.3) is 5.65 Å². The van der Waals surface area contributed by atoms with Gasteiger partial charge in [-0.25, -0.2) is 9.50 Å². The van der Waals surface area contributed by atoms with Crippen molar-refractivity contribution in [1.82, 2.24) is 19.5 Å². The molecule has 3 heterocycles. The van der Waals surface area contributed by atoms with Crippen molar-refractivity contribution < 1.29 is 0 Å². The Hall–Kier alpha value is -1.42. The summed E-state index contributed by atoms with van der Waals surface area (Å²) in [7, 11) is 2.15. The fourth-order valence-electron chi connectivity index (χ4n) is 2.32.